The number of hydrogen-bond donors (Lipinski definition) is 0. The summed E-state index contributed by atoms with van der Waals surface area (Å²) in [5.74, 6) is 0.186. The van der Waals surface area contributed by atoms with E-state index in [0.29, 0.717) is 6.04 Å². The van der Waals surface area contributed by atoms with Gasteiger partial charge in [-0.3, -0.25) is 9.78 Å². The Kier molecular flexibility index (Phi) is 3.15. The van der Waals surface area contributed by atoms with Crippen LogP contribution in [0.1, 0.15) is 23.2 Å². The van der Waals surface area contributed by atoms with Gasteiger partial charge in [-0.2, -0.15) is 0 Å². The smallest absolute Gasteiger partial charge is 0.254 e. The summed E-state index contributed by atoms with van der Waals surface area (Å²) < 4.78 is 1.13. The summed E-state index contributed by atoms with van der Waals surface area (Å²) in [5.41, 5.74) is 1.74. The molecule has 3 aliphatic rings. The van der Waals surface area contributed by atoms with Gasteiger partial charge in [0.1, 0.15) is 0 Å². The molecular weight excluding hydrogens is 274 g/mol. The van der Waals surface area contributed by atoms with Gasteiger partial charge in [0.2, 0.25) is 0 Å². The number of piperidine rings is 1. The van der Waals surface area contributed by atoms with Crippen molar-refractivity contribution < 1.29 is 9.28 Å². The number of amides is 1. The van der Waals surface area contributed by atoms with Crippen LogP contribution >= 0.6 is 0 Å². The van der Waals surface area contributed by atoms with Crippen molar-refractivity contribution in [2.75, 3.05) is 33.2 Å². The zero-order valence-corrected chi connectivity index (χ0v) is 13.0. The minimum atomic E-state index is 0.186. The van der Waals surface area contributed by atoms with Crippen LogP contribution in [0.3, 0.4) is 0 Å². The van der Waals surface area contributed by atoms with E-state index in [0.717, 1.165) is 46.9 Å². The average molecular weight is 296 g/mol. The van der Waals surface area contributed by atoms with Gasteiger partial charge in [-0.1, -0.05) is 6.07 Å². The first kappa shape index (κ1) is 13.7. The number of rotatable bonds is 1. The quantitative estimate of drug-likeness (QED) is 0.757. The lowest BCUT2D eigenvalue weighted by atomic mass is 10.0. The van der Waals surface area contributed by atoms with Crippen LogP contribution in [0.15, 0.2) is 36.5 Å². The van der Waals surface area contributed by atoms with Crippen molar-refractivity contribution in [1.29, 1.82) is 0 Å². The number of carbonyl (C=O) groups is 1. The van der Waals surface area contributed by atoms with Crippen LogP contribution in [0, 0.1) is 0 Å². The van der Waals surface area contributed by atoms with E-state index in [1.165, 1.54) is 13.1 Å². The number of likely N-dealkylation sites (N-methyl/N-ethyl adjacent to an activating group) is 1. The van der Waals surface area contributed by atoms with Gasteiger partial charge in [-0.25, -0.2) is 0 Å². The Labute approximate surface area is 130 Å². The lowest BCUT2D eigenvalue weighted by molar-refractivity contribution is -0.910. The molecule has 0 atom stereocenters. The molecule has 114 valence electrons. The number of aromatic nitrogens is 1. The van der Waals surface area contributed by atoms with Gasteiger partial charge in [-0.15, -0.1) is 0 Å². The maximum absolute atomic E-state index is 13.0. The largest absolute Gasteiger partial charge is 0.330 e. The van der Waals surface area contributed by atoms with Gasteiger partial charge in [0, 0.05) is 36.0 Å². The summed E-state index contributed by atoms with van der Waals surface area (Å²) in [5, 5.41) is 1.04. The minimum Gasteiger partial charge on any atom is -0.330 e. The summed E-state index contributed by atoms with van der Waals surface area (Å²) in [6.45, 7) is 4.37. The van der Waals surface area contributed by atoms with Crippen LogP contribution < -0.4 is 0 Å². The molecule has 1 amide bonds. The fourth-order valence-electron chi connectivity index (χ4n) is 3.89. The van der Waals surface area contributed by atoms with E-state index in [-0.39, 0.29) is 5.91 Å². The van der Waals surface area contributed by atoms with E-state index < -0.39 is 0 Å². The normalized spacial score (nSPS) is 27.9. The highest BCUT2D eigenvalue weighted by Gasteiger charge is 2.39. The van der Waals surface area contributed by atoms with E-state index in [4.69, 9.17) is 0 Å². The number of hydrogen-bond acceptors (Lipinski definition) is 2. The molecule has 2 aromatic rings. The Bertz CT molecular complexity index is 719. The highest BCUT2D eigenvalue weighted by molar-refractivity contribution is 5.98. The Balaban J connectivity index is 1.65. The van der Waals surface area contributed by atoms with Crippen molar-refractivity contribution in [3.8, 4) is 0 Å². The zero-order chi connectivity index (χ0) is 15.2. The fraction of sp³-hybridized carbons (Fsp3) is 0.444. The monoisotopic (exact) mass is 296 g/mol. The molecular formula is C18H22N3O+. The summed E-state index contributed by atoms with van der Waals surface area (Å²) in [6, 6.07) is 10.2. The third-order valence-corrected chi connectivity index (χ3v) is 5.44. The van der Waals surface area contributed by atoms with E-state index in [9.17, 15) is 4.79 Å². The Morgan fingerprint density at radius 1 is 1.23 bits per heavy atom. The van der Waals surface area contributed by atoms with E-state index >= 15 is 0 Å². The third-order valence-electron chi connectivity index (χ3n) is 5.44. The van der Waals surface area contributed by atoms with E-state index in [1.54, 1.807) is 6.20 Å². The van der Waals surface area contributed by atoms with Crippen molar-refractivity contribution in [3.63, 3.8) is 0 Å². The van der Waals surface area contributed by atoms with Crippen LogP contribution in [-0.2, 0) is 0 Å². The number of pyridine rings is 1. The summed E-state index contributed by atoms with van der Waals surface area (Å²) in [6.07, 6.45) is 4.06. The SMILES string of the molecule is C[N+]12CCC(CC1)N(C(=O)c1ccc3ncccc3c1)CC2. The number of fused-ring (bicyclic) bond motifs is 5. The molecule has 0 radical (unpaired) electrons. The van der Waals surface area contributed by atoms with Crippen LogP contribution in [0.4, 0.5) is 0 Å². The third kappa shape index (κ3) is 2.28. The van der Waals surface area contributed by atoms with Gasteiger partial charge >= 0.3 is 0 Å². The Hall–Kier alpha value is -1.94. The van der Waals surface area contributed by atoms with Gasteiger partial charge in [0.25, 0.3) is 5.91 Å². The van der Waals surface area contributed by atoms with Crippen molar-refractivity contribution in [2.45, 2.75) is 18.9 Å². The van der Waals surface area contributed by atoms with Gasteiger partial charge in [-0.05, 0) is 24.3 Å². The fourth-order valence-corrected chi connectivity index (χ4v) is 3.89. The molecule has 0 unspecified atom stereocenters. The second kappa shape index (κ2) is 5.06. The molecule has 2 bridgehead atoms. The first-order valence-electron chi connectivity index (χ1n) is 8.14. The van der Waals surface area contributed by atoms with Crippen LogP contribution in [0.5, 0.6) is 0 Å². The lowest BCUT2D eigenvalue weighted by Gasteiger charge is -2.36. The van der Waals surface area contributed by atoms with Crippen LogP contribution in [0.25, 0.3) is 10.9 Å². The van der Waals surface area contributed by atoms with Crippen molar-refractivity contribution in [3.05, 3.63) is 42.1 Å². The van der Waals surface area contributed by atoms with Crippen molar-refractivity contribution in [1.82, 2.24) is 9.88 Å². The molecule has 4 heteroatoms. The Morgan fingerprint density at radius 3 is 2.86 bits per heavy atom. The maximum atomic E-state index is 13.0. The molecule has 0 saturated carbocycles. The summed E-state index contributed by atoms with van der Waals surface area (Å²) >= 11 is 0. The van der Waals surface area contributed by atoms with Crippen LogP contribution in [0.2, 0.25) is 0 Å². The zero-order valence-electron chi connectivity index (χ0n) is 13.0. The van der Waals surface area contributed by atoms with Gasteiger partial charge in [0.05, 0.1) is 38.7 Å². The number of carbonyl (C=O) groups excluding carboxylic acids is 1. The van der Waals surface area contributed by atoms with E-state index in [2.05, 4.69) is 16.9 Å². The van der Waals surface area contributed by atoms with E-state index in [1.807, 2.05) is 30.3 Å². The average Bonchev–Trinajstić information content (AvgIpc) is 2.82. The molecule has 1 aromatic heterocycles. The predicted octanol–water partition coefficient (Wildman–Crippen LogP) is 2.30. The molecule has 0 aliphatic carbocycles. The van der Waals surface area contributed by atoms with Gasteiger partial charge < -0.3 is 9.38 Å². The van der Waals surface area contributed by atoms with Crippen molar-refractivity contribution >= 4 is 16.8 Å². The molecule has 3 saturated heterocycles. The number of quaternary nitrogens is 1. The highest BCUT2D eigenvalue weighted by Crippen LogP contribution is 2.27. The lowest BCUT2D eigenvalue weighted by Crippen LogP contribution is -2.49. The molecule has 0 N–H and O–H groups in total. The molecule has 3 aliphatic heterocycles. The molecule has 4 heterocycles. The first-order valence-corrected chi connectivity index (χ1v) is 8.14. The topological polar surface area (TPSA) is 33.2 Å². The predicted molar refractivity (Wildman–Crippen MR) is 86.6 cm³/mol. The second-order valence-corrected chi connectivity index (χ2v) is 6.93. The van der Waals surface area contributed by atoms with Crippen molar-refractivity contribution in [2.24, 2.45) is 0 Å². The maximum Gasteiger partial charge on any atom is 0.254 e. The standard InChI is InChI=1S/C18H22N3O/c1-21-10-6-16(7-11-21)20(9-12-21)18(22)15-4-5-17-14(13-15)3-2-8-19-17/h2-5,8,13,16H,6-7,9-12H2,1H3/q+1. The summed E-state index contributed by atoms with van der Waals surface area (Å²) in [4.78, 5) is 19.4. The minimum absolute atomic E-state index is 0.186. The molecule has 22 heavy (non-hydrogen) atoms. The molecule has 3 fully saturated rings. The highest BCUT2D eigenvalue weighted by atomic mass is 16.2. The number of nitrogens with zero attached hydrogens (tertiary/aromatic N) is 3. The molecule has 0 spiro atoms. The van der Waals surface area contributed by atoms with Gasteiger partial charge in [0.15, 0.2) is 0 Å². The number of benzene rings is 1. The Morgan fingerprint density at radius 2 is 2.05 bits per heavy atom. The first-order chi connectivity index (χ1) is 10.6. The molecule has 1 aromatic carbocycles. The molecule has 5 rings (SSSR count). The second-order valence-electron chi connectivity index (χ2n) is 6.93. The van der Waals surface area contributed by atoms with Crippen LogP contribution in [-0.4, -0.2) is 59.5 Å². The molecule has 4 nitrogen and oxygen atoms in total. The summed E-state index contributed by atoms with van der Waals surface area (Å²) in [7, 11) is 2.33.